The van der Waals surface area contributed by atoms with E-state index in [-0.39, 0.29) is 46.5 Å². The maximum Gasteiger partial charge on any atom is 4.00 e. The Balaban J connectivity index is -0.000000349. The molecule has 21 heavy (non-hydrogen) atoms. The van der Waals surface area contributed by atoms with Crippen LogP contribution in [0.5, 0.6) is 0 Å². The molecule has 0 atom stereocenters. The summed E-state index contributed by atoms with van der Waals surface area (Å²) >= 11 is 0. The molecule has 2 aliphatic rings. The van der Waals surface area contributed by atoms with Crippen molar-refractivity contribution in [3.05, 3.63) is 48.3 Å². The molecular formula is C16H24Cl2OSiTi. The van der Waals surface area contributed by atoms with Crippen molar-refractivity contribution in [3.8, 4) is 0 Å². The van der Waals surface area contributed by atoms with E-state index >= 15 is 0 Å². The second-order valence-corrected chi connectivity index (χ2v) is 9.19. The second-order valence-electron chi connectivity index (χ2n) is 4.50. The molecule has 0 heterocycles. The summed E-state index contributed by atoms with van der Waals surface area (Å²) in [5, 5.41) is 0. The predicted octanol–water partition coefficient (Wildman–Crippen LogP) is -1.03. The zero-order chi connectivity index (χ0) is 13.3. The minimum Gasteiger partial charge on any atom is -1.00 e. The van der Waals surface area contributed by atoms with E-state index in [4.69, 9.17) is 4.43 Å². The van der Waals surface area contributed by atoms with Gasteiger partial charge in [0.25, 0.3) is 0 Å². The third-order valence-corrected chi connectivity index (χ3v) is 8.03. The Labute approximate surface area is 158 Å². The molecular weight excluding hydrogens is 355 g/mol. The van der Waals surface area contributed by atoms with Crippen LogP contribution in [0.1, 0.15) is 33.6 Å². The number of hydrogen-bond donors (Lipinski definition) is 0. The van der Waals surface area contributed by atoms with Crippen LogP contribution in [0.3, 0.4) is 0 Å². The van der Waals surface area contributed by atoms with Crippen molar-refractivity contribution in [2.45, 2.75) is 51.7 Å². The average molecular weight is 379 g/mol. The second kappa shape index (κ2) is 15.2. The summed E-state index contributed by atoms with van der Waals surface area (Å²) in [6.45, 7) is 6.75. The molecule has 0 spiro atoms. The minimum absolute atomic E-state index is 0. The van der Waals surface area contributed by atoms with Gasteiger partial charge in [0.05, 0.1) is 0 Å². The molecule has 0 amide bonds. The van der Waals surface area contributed by atoms with Crippen molar-refractivity contribution in [2.75, 3.05) is 0 Å². The van der Waals surface area contributed by atoms with Crippen LogP contribution in [-0.2, 0) is 26.1 Å². The molecule has 2 aliphatic carbocycles. The van der Waals surface area contributed by atoms with Gasteiger partial charge in [0.1, 0.15) is 0 Å². The molecule has 1 nitrogen and oxygen atoms in total. The molecule has 0 saturated heterocycles. The zero-order valence-corrected chi connectivity index (χ0v) is 17.2. The molecule has 2 rings (SSSR count). The Kier molecular flexibility index (Phi) is 18.9. The summed E-state index contributed by atoms with van der Waals surface area (Å²) in [4.78, 5) is 0. The smallest absolute Gasteiger partial charge is 1.00 e. The Morgan fingerprint density at radius 1 is 1.05 bits per heavy atom. The normalized spacial score (nSPS) is 14.1. The summed E-state index contributed by atoms with van der Waals surface area (Å²) < 4.78 is 6.10. The van der Waals surface area contributed by atoms with Crippen LogP contribution >= 0.6 is 0 Å². The predicted molar refractivity (Wildman–Crippen MR) is 80.4 cm³/mol. The number of halogens is 2. The topological polar surface area (TPSA) is 9.23 Å². The number of allylic oxidation sites excluding steroid dienone is 7. The van der Waals surface area contributed by atoms with Crippen LogP contribution < -0.4 is 24.8 Å². The Bertz CT molecular complexity index is 343. The van der Waals surface area contributed by atoms with Crippen LogP contribution in [0.4, 0.5) is 0 Å². The maximum atomic E-state index is 6.10. The third kappa shape index (κ3) is 9.81. The monoisotopic (exact) mass is 378 g/mol. The van der Waals surface area contributed by atoms with E-state index in [0.29, 0.717) is 0 Å². The van der Waals surface area contributed by atoms with Gasteiger partial charge in [-0.3, -0.25) is 6.08 Å². The summed E-state index contributed by atoms with van der Waals surface area (Å²) in [7, 11) is -1.43. The first kappa shape index (κ1) is 26.2. The Morgan fingerprint density at radius 2 is 1.67 bits per heavy atom. The molecule has 0 saturated carbocycles. The molecule has 0 aromatic carbocycles. The maximum absolute atomic E-state index is 6.10. The van der Waals surface area contributed by atoms with Gasteiger partial charge in [0.15, 0.2) is 0 Å². The van der Waals surface area contributed by atoms with Crippen molar-refractivity contribution in [3.63, 3.8) is 0 Å². The van der Waals surface area contributed by atoms with Crippen molar-refractivity contribution in [1.29, 1.82) is 0 Å². The van der Waals surface area contributed by atoms with Crippen LogP contribution in [0.25, 0.3) is 0 Å². The standard InChI is InChI=1S/C11H19OSi.C5H5.2ClH.Ti/c1-4-13(5-2,6-3)12-11-9-7-8-10-11;1-2-4-5-3-1;;;/h7,9H,4-6,8H2,1-3H3;1-3H,4H2;2*1H;/q2*-1;;;+4/p-2. The van der Waals surface area contributed by atoms with Gasteiger partial charge in [-0.05, 0) is 18.1 Å². The molecule has 0 bridgehead atoms. The average Bonchev–Trinajstić information content (AvgIpc) is 3.11. The molecule has 0 aromatic heterocycles. The Hall–Kier alpha value is 0.271. The van der Waals surface area contributed by atoms with Crippen LogP contribution in [0.2, 0.25) is 18.1 Å². The fraction of sp³-hybridized carbons (Fsp3) is 0.500. The first-order chi connectivity index (χ1) is 8.76. The largest absolute Gasteiger partial charge is 4.00 e. The van der Waals surface area contributed by atoms with Gasteiger partial charge in [0, 0.05) is 0 Å². The van der Waals surface area contributed by atoms with Gasteiger partial charge in [0.2, 0.25) is 8.32 Å². The molecule has 0 radical (unpaired) electrons. The fourth-order valence-electron chi connectivity index (χ4n) is 1.99. The van der Waals surface area contributed by atoms with Crippen molar-refractivity contribution >= 4 is 8.32 Å². The van der Waals surface area contributed by atoms with E-state index in [1.54, 1.807) is 0 Å². The van der Waals surface area contributed by atoms with Gasteiger partial charge in [-0.2, -0.15) is 18.2 Å². The van der Waals surface area contributed by atoms with Crippen molar-refractivity contribution in [1.82, 2.24) is 0 Å². The molecule has 116 valence electrons. The van der Waals surface area contributed by atoms with E-state index < -0.39 is 8.32 Å². The van der Waals surface area contributed by atoms with Crippen molar-refractivity contribution in [2.24, 2.45) is 0 Å². The summed E-state index contributed by atoms with van der Waals surface area (Å²) in [6.07, 6.45) is 18.3. The zero-order valence-electron chi connectivity index (χ0n) is 13.1. The first-order valence-electron chi connectivity index (χ1n) is 6.94. The minimum atomic E-state index is -1.43. The van der Waals surface area contributed by atoms with E-state index in [2.05, 4.69) is 51.2 Å². The fourth-order valence-corrected chi connectivity index (χ4v) is 4.53. The van der Waals surface area contributed by atoms with E-state index in [0.717, 1.165) is 18.6 Å². The van der Waals surface area contributed by atoms with Crippen molar-refractivity contribution < 1.29 is 51.0 Å². The summed E-state index contributed by atoms with van der Waals surface area (Å²) in [5.41, 5.74) is 0. The van der Waals surface area contributed by atoms with Gasteiger partial charge >= 0.3 is 21.7 Å². The van der Waals surface area contributed by atoms with E-state index in [9.17, 15) is 0 Å². The quantitative estimate of drug-likeness (QED) is 0.439. The summed E-state index contributed by atoms with van der Waals surface area (Å²) in [6, 6.07) is 3.62. The first-order valence-corrected chi connectivity index (χ1v) is 9.47. The Morgan fingerprint density at radius 3 is 1.95 bits per heavy atom. The SMILES string of the molecule is CC[Si](CC)(CC)OC1=[C-]CC=C1.[C-]1=CC=CC1.[Cl-].[Cl-].[Ti+4]. The summed E-state index contributed by atoms with van der Waals surface area (Å²) in [5.74, 6) is 0.997. The van der Waals surface area contributed by atoms with E-state index in [1.165, 1.54) is 18.1 Å². The van der Waals surface area contributed by atoms with Gasteiger partial charge in [-0.1, -0.05) is 26.5 Å². The number of hydrogen-bond acceptors (Lipinski definition) is 1. The van der Waals surface area contributed by atoms with E-state index in [1.807, 2.05) is 12.2 Å². The van der Waals surface area contributed by atoms with Crippen LogP contribution in [-0.4, -0.2) is 8.32 Å². The van der Waals surface area contributed by atoms with Gasteiger partial charge < -0.3 is 29.2 Å². The van der Waals surface area contributed by atoms with Crippen LogP contribution in [0, 0.1) is 12.2 Å². The molecule has 0 aliphatic heterocycles. The molecule has 0 unspecified atom stereocenters. The molecule has 0 N–H and O–H groups in total. The molecule has 0 fully saturated rings. The van der Waals surface area contributed by atoms with Gasteiger partial charge in [-0.25, -0.2) is 18.2 Å². The van der Waals surface area contributed by atoms with Crippen LogP contribution in [0.15, 0.2) is 36.1 Å². The van der Waals surface area contributed by atoms with Gasteiger partial charge in [-0.15, -0.1) is 12.8 Å². The molecule has 0 aromatic rings. The third-order valence-electron chi connectivity index (χ3n) is 3.51. The number of rotatable bonds is 5. The molecule has 5 heteroatoms.